The highest BCUT2D eigenvalue weighted by atomic mass is 16.3. The Morgan fingerprint density at radius 1 is 1.11 bits per heavy atom. The van der Waals surface area contributed by atoms with E-state index in [0.717, 1.165) is 12.8 Å². The number of benzene rings is 1. The molecule has 1 aromatic carbocycles. The Kier molecular flexibility index (Phi) is 5.17. The molecule has 0 aromatic heterocycles. The van der Waals surface area contributed by atoms with Crippen LogP contribution in [0.2, 0.25) is 0 Å². The van der Waals surface area contributed by atoms with Crippen LogP contribution in [0.3, 0.4) is 0 Å². The molecule has 3 nitrogen and oxygen atoms in total. The van der Waals surface area contributed by atoms with E-state index in [-0.39, 0.29) is 6.61 Å². The molecule has 1 saturated carbocycles. The quantitative estimate of drug-likeness (QED) is 0.744. The molecule has 0 amide bonds. The zero-order valence-electron chi connectivity index (χ0n) is 10.8. The normalized spacial score (nSPS) is 25.9. The molecule has 0 saturated heterocycles. The minimum atomic E-state index is -0.628. The van der Waals surface area contributed by atoms with Gasteiger partial charge in [0.05, 0.1) is 12.7 Å². The van der Waals surface area contributed by atoms with Crippen molar-refractivity contribution < 1.29 is 10.2 Å². The summed E-state index contributed by atoms with van der Waals surface area (Å²) in [5.41, 5.74) is 1.45. The Morgan fingerprint density at radius 3 is 2.39 bits per heavy atom. The van der Waals surface area contributed by atoms with Crippen molar-refractivity contribution in [2.45, 2.75) is 43.7 Å². The third-order valence-electron chi connectivity index (χ3n) is 3.85. The molecule has 0 spiro atoms. The Morgan fingerprint density at radius 2 is 1.78 bits per heavy atom. The second-order valence-electron chi connectivity index (χ2n) is 5.20. The van der Waals surface area contributed by atoms with Crippen molar-refractivity contribution in [2.75, 3.05) is 13.2 Å². The lowest BCUT2D eigenvalue weighted by Crippen LogP contribution is -2.38. The molecule has 0 aliphatic heterocycles. The van der Waals surface area contributed by atoms with Crippen LogP contribution < -0.4 is 5.32 Å². The van der Waals surface area contributed by atoms with Crippen LogP contribution in [0, 0.1) is 0 Å². The SMILES string of the molecule is OCC(O)CNC1CCC(c2ccccc2)CC1. The van der Waals surface area contributed by atoms with Crippen LogP contribution in [0.25, 0.3) is 0 Å². The topological polar surface area (TPSA) is 52.5 Å². The van der Waals surface area contributed by atoms with Crippen molar-refractivity contribution in [2.24, 2.45) is 0 Å². The molecule has 1 fully saturated rings. The van der Waals surface area contributed by atoms with Gasteiger partial charge in [-0.2, -0.15) is 0 Å². The fraction of sp³-hybridized carbons (Fsp3) is 0.600. The minimum Gasteiger partial charge on any atom is -0.394 e. The molecule has 1 atom stereocenters. The Bertz CT molecular complexity index is 334. The van der Waals surface area contributed by atoms with Gasteiger partial charge in [-0.05, 0) is 37.2 Å². The van der Waals surface area contributed by atoms with Crippen molar-refractivity contribution >= 4 is 0 Å². The summed E-state index contributed by atoms with van der Waals surface area (Å²) >= 11 is 0. The van der Waals surface area contributed by atoms with Gasteiger partial charge in [0.1, 0.15) is 0 Å². The highest BCUT2D eigenvalue weighted by Gasteiger charge is 2.22. The molecule has 18 heavy (non-hydrogen) atoms. The van der Waals surface area contributed by atoms with Crippen LogP contribution in [0.1, 0.15) is 37.2 Å². The number of nitrogens with one attached hydrogen (secondary N) is 1. The molecule has 1 aromatic rings. The molecule has 100 valence electrons. The first kappa shape index (κ1) is 13.5. The van der Waals surface area contributed by atoms with E-state index in [4.69, 9.17) is 5.11 Å². The first-order valence-corrected chi connectivity index (χ1v) is 6.87. The predicted molar refractivity (Wildman–Crippen MR) is 72.5 cm³/mol. The average Bonchev–Trinajstić information content (AvgIpc) is 2.46. The lowest BCUT2D eigenvalue weighted by molar-refractivity contribution is 0.0901. The number of aliphatic hydroxyl groups is 2. The Balaban J connectivity index is 1.75. The van der Waals surface area contributed by atoms with Crippen LogP contribution in [-0.2, 0) is 0 Å². The van der Waals surface area contributed by atoms with Gasteiger partial charge in [0.25, 0.3) is 0 Å². The molecule has 2 rings (SSSR count). The maximum Gasteiger partial charge on any atom is 0.0895 e. The summed E-state index contributed by atoms with van der Waals surface area (Å²) in [6.07, 6.45) is 4.08. The van der Waals surface area contributed by atoms with Gasteiger partial charge in [-0.1, -0.05) is 30.3 Å². The molecular weight excluding hydrogens is 226 g/mol. The molecule has 1 aliphatic rings. The van der Waals surface area contributed by atoms with Crippen molar-refractivity contribution in [3.8, 4) is 0 Å². The molecule has 3 N–H and O–H groups in total. The second kappa shape index (κ2) is 6.88. The summed E-state index contributed by atoms with van der Waals surface area (Å²) in [6, 6.07) is 11.2. The van der Waals surface area contributed by atoms with Gasteiger partial charge in [-0.25, -0.2) is 0 Å². The van der Waals surface area contributed by atoms with Gasteiger partial charge in [-0.15, -0.1) is 0 Å². The van der Waals surface area contributed by atoms with Crippen molar-refractivity contribution in [1.29, 1.82) is 0 Å². The summed E-state index contributed by atoms with van der Waals surface area (Å²) in [5, 5.41) is 21.4. The highest BCUT2D eigenvalue weighted by Crippen LogP contribution is 2.32. The third kappa shape index (κ3) is 3.80. The van der Waals surface area contributed by atoms with Crippen LogP contribution in [0.5, 0.6) is 0 Å². The van der Waals surface area contributed by atoms with Crippen LogP contribution >= 0.6 is 0 Å². The fourth-order valence-corrected chi connectivity index (χ4v) is 2.72. The Labute approximate surface area is 109 Å². The summed E-state index contributed by atoms with van der Waals surface area (Å²) in [6.45, 7) is 0.337. The summed E-state index contributed by atoms with van der Waals surface area (Å²) in [5.74, 6) is 0.687. The third-order valence-corrected chi connectivity index (χ3v) is 3.85. The molecule has 0 heterocycles. The summed E-state index contributed by atoms with van der Waals surface area (Å²) in [7, 11) is 0. The van der Waals surface area contributed by atoms with E-state index in [1.165, 1.54) is 18.4 Å². The van der Waals surface area contributed by atoms with E-state index in [1.807, 2.05) is 0 Å². The Hall–Kier alpha value is -0.900. The van der Waals surface area contributed by atoms with Crippen LogP contribution in [-0.4, -0.2) is 35.5 Å². The number of aliphatic hydroxyl groups excluding tert-OH is 2. The first-order valence-electron chi connectivity index (χ1n) is 6.87. The van der Waals surface area contributed by atoms with Gasteiger partial charge >= 0.3 is 0 Å². The van der Waals surface area contributed by atoms with Crippen molar-refractivity contribution in [3.63, 3.8) is 0 Å². The number of hydrogen-bond acceptors (Lipinski definition) is 3. The first-order chi connectivity index (χ1) is 8.79. The van der Waals surface area contributed by atoms with E-state index in [9.17, 15) is 5.11 Å². The van der Waals surface area contributed by atoms with Gasteiger partial charge < -0.3 is 15.5 Å². The van der Waals surface area contributed by atoms with Gasteiger partial charge in [0, 0.05) is 12.6 Å². The van der Waals surface area contributed by atoms with Crippen LogP contribution in [0.15, 0.2) is 30.3 Å². The van der Waals surface area contributed by atoms with Gasteiger partial charge in [0.15, 0.2) is 0 Å². The fourth-order valence-electron chi connectivity index (χ4n) is 2.72. The summed E-state index contributed by atoms with van der Waals surface area (Å²) in [4.78, 5) is 0. The molecule has 1 unspecified atom stereocenters. The van der Waals surface area contributed by atoms with E-state index in [2.05, 4.69) is 35.6 Å². The van der Waals surface area contributed by atoms with Crippen molar-refractivity contribution in [1.82, 2.24) is 5.32 Å². The van der Waals surface area contributed by atoms with Gasteiger partial charge in [-0.3, -0.25) is 0 Å². The smallest absolute Gasteiger partial charge is 0.0895 e. The highest BCUT2D eigenvalue weighted by molar-refractivity contribution is 5.20. The zero-order chi connectivity index (χ0) is 12.8. The largest absolute Gasteiger partial charge is 0.394 e. The van der Waals surface area contributed by atoms with E-state index >= 15 is 0 Å². The van der Waals surface area contributed by atoms with E-state index in [0.29, 0.717) is 18.5 Å². The zero-order valence-corrected chi connectivity index (χ0v) is 10.8. The maximum absolute atomic E-state index is 9.31. The summed E-state index contributed by atoms with van der Waals surface area (Å²) < 4.78 is 0. The predicted octanol–water partition coefficient (Wildman–Crippen LogP) is 1.66. The second-order valence-corrected chi connectivity index (χ2v) is 5.20. The maximum atomic E-state index is 9.31. The monoisotopic (exact) mass is 249 g/mol. The van der Waals surface area contributed by atoms with Crippen LogP contribution in [0.4, 0.5) is 0 Å². The molecule has 0 radical (unpaired) electrons. The van der Waals surface area contributed by atoms with E-state index in [1.54, 1.807) is 0 Å². The average molecular weight is 249 g/mol. The molecule has 3 heteroatoms. The van der Waals surface area contributed by atoms with Crippen molar-refractivity contribution in [3.05, 3.63) is 35.9 Å². The lowest BCUT2D eigenvalue weighted by Gasteiger charge is -2.30. The molecule has 1 aliphatic carbocycles. The lowest BCUT2D eigenvalue weighted by atomic mass is 9.82. The molecular formula is C15H23NO2. The molecule has 0 bridgehead atoms. The number of hydrogen-bond donors (Lipinski definition) is 3. The van der Waals surface area contributed by atoms with E-state index < -0.39 is 6.10 Å². The minimum absolute atomic E-state index is 0.160. The van der Waals surface area contributed by atoms with Gasteiger partial charge in [0.2, 0.25) is 0 Å². The number of rotatable bonds is 5. The standard InChI is InChI=1S/C15H23NO2/c17-11-15(18)10-16-14-8-6-13(7-9-14)12-4-2-1-3-5-12/h1-5,13-18H,6-11H2.